The Morgan fingerprint density at radius 3 is 2.71 bits per heavy atom. The Hall–Kier alpha value is -1.61. The molecule has 17 heavy (non-hydrogen) atoms. The number of carbonyl (C=O) groups is 1. The fourth-order valence-electron chi connectivity index (χ4n) is 1.45. The highest BCUT2D eigenvalue weighted by Crippen LogP contribution is 2.19. The Balaban J connectivity index is 2.07. The number of hydrogen-bond donors (Lipinski definition) is 0. The van der Waals surface area contributed by atoms with Crippen molar-refractivity contribution < 1.29 is 9.53 Å². The second-order valence-corrected chi connectivity index (χ2v) is 4.42. The zero-order valence-electron chi connectivity index (χ0n) is 9.10. The van der Waals surface area contributed by atoms with Crippen LogP contribution in [-0.2, 0) is 6.61 Å². The highest BCUT2D eigenvalue weighted by molar-refractivity contribution is 9.10. The van der Waals surface area contributed by atoms with Crippen molar-refractivity contribution in [2.45, 2.75) is 6.61 Å². The van der Waals surface area contributed by atoms with E-state index in [1.165, 1.54) is 0 Å². The smallest absolute Gasteiger partial charge is 0.150 e. The summed E-state index contributed by atoms with van der Waals surface area (Å²) in [5.41, 5.74) is 1.69. The molecular formula is C14H11BrO2. The summed E-state index contributed by atoms with van der Waals surface area (Å²) in [7, 11) is 0. The molecule has 0 radical (unpaired) electrons. The van der Waals surface area contributed by atoms with Gasteiger partial charge in [-0.25, -0.2) is 0 Å². The van der Waals surface area contributed by atoms with Crippen molar-refractivity contribution in [2.75, 3.05) is 0 Å². The molecule has 0 N–H and O–H groups in total. The second-order valence-electron chi connectivity index (χ2n) is 3.57. The number of hydrogen-bond acceptors (Lipinski definition) is 2. The maximum atomic E-state index is 10.6. The van der Waals surface area contributed by atoms with Gasteiger partial charge in [0.25, 0.3) is 0 Å². The Morgan fingerprint density at radius 1 is 1.12 bits per heavy atom. The Labute approximate surface area is 108 Å². The number of benzene rings is 2. The first-order valence-corrected chi connectivity index (χ1v) is 6.00. The SMILES string of the molecule is O=Cc1cccc(OCc2ccccc2Br)c1. The van der Waals surface area contributed by atoms with Crippen molar-refractivity contribution in [1.29, 1.82) is 0 Å². The van der Waals surface area contributed by atoms with Crippen LogP contribution in [0.15, 0.2) is 53.0 Å². The van der Waals surface area contributed by atoms with Crippen LogP contribution in [0, 0.1) is 0 Å². The Kier molecular flexibility index (Phi) is 3.94. The molecule has 2 rings (SSSR count). The third kappa shape index (κ3) is 3.17. The molecule has 0 amide bonds. The third-order valence-corrected chi connectivity index (χ3v) is 3.12. The minimum Gasteiger partial charge on any atom is -0.489 e. The zero-order valence-corrected chi connectivity index (χ0v) is 10.7. The van der Waals surface area contributed by atoms with Crippen LogP contribution in [0.2, 0.25) is 0 Å². The first kappa shape index (κ1) is 11.9. The van der Waals surface area contributed by atoms with Crippen molar-refractivity contribution >= 4 is 22.2 Å². The fourth-order valence-corrected chi connectivity index (χ4v) is 1.85. The van der Waals surface area contributed by atoms with Crippen LogP contribution >= 0.6 is 15.9 Å². The zero-order chi connectivity index (χ0) is 12.1. The first-order valence-electron chi connectivity index (χ1n) is 5.21. The molecule has 0 atom stereocenters. The third-order valence-electron chi connectivity index (χ3n) is 2.35. The number of ether oxygens (including phenoxy) is 1. The largest absolute Gasteiger partial charge is 0.489 e. The lowest BCUT2D eigenvalue weighted by Gasteiger charge is -2.07. The van der Waals surface area contributed by atoms with E-state index < -0.39 is 0 Å². The van der Waals surface area contributed by atoms with Gasteiger partial charge >= 0.3 is 0 Å². The molecule has 0 heterocycles. The van der Waals surface area contributed by atoms with E-state index in [-0.39, 0.29) is 0 Å². The molecule has 0 bridgehead atoms. The summed E-state index contributed by atoms with van der Waals surface area (Å²) < 4.78 is 6.65. The van der Waals surface area contributed by atoms with Gasteiger partial charge in [-0.05, 0) is 18.2 Å². The van der Waals surface area contributed by atoms with Gasteiger partial charge in [-0.2, -0.15) is 0 Å². The number of carbonyl (C=O) groups excluding carboxylic acids is 1. The van der Waals surface area contributed by atoms with Gasteiger partial charge in [0.1, 0.15) is 18.6 Å². The lowest BCUT2D eigenvalue weighted by Crippen LogP contribution is -1.96. The molecule has 86 valence electrons. The van der Waals surface area contributed by atoms with Crippen LogP contribution in [0.5, 0.6) is 5.75 Å². The Morgan fingerprint density at radius 2 is 1.94 bits per heavy atom. The van der Waals surface area contributed by atoms with Crippen LogP contribution in [0.4, 0.5) is 0 Å². The van der Waals surface area contributed by atoms with E-state index in [4.69, 9.17) is 4.74 Å². The molecule has 2 aromatic rings. The van der Waals surface area contributed by atoms with Gasteiger partial charge in [-0.3, -0.25) is 4.79 Å². The van der Waals surface area contributed by atoms with Crippen molar-refractivity contribution in [3.8, 4) is 5.75 Å². The number of halogens is 1. The number of aldehydes is 1. The predicted molar refractivity (Wildman–Crippen MR) is 70.3 cm³/mol. The van der Waals surface area contributed by atoms with Crippen molar-refractivity contribution in [2.24, 2.45) is 0 Å². The summed E-state index contributed by atoms with van der Waals surface area (Å²) in [5.74, 6) is 0.699. The van der Waals surface area contributed by atoms with Crippen molar-refractivity contribution in [3.63, 3.8) is 0 Å². The summed E-state index contributed by atoms with van der Waals surface area (Å²) >= 11 is 3.46. The highest BCUT2D eigenvalue weighted by atomic mass is 79.9. The molecule has 2 nitrogen and oxygen atoms in total. The summed E-state index contributed by atoms with van der Waals surface area (Å²) in [6.07, 6.45) is 0.811. The van der Waals surface area contributed by atoms with Gasteiger partial charge < -0.3 is 4.74 Å². The first-order chi connectivity index (χ1) is 8.29. The summed E-state index contributed by atoms with van der Waals surface area (Å²) in [4.78, 5) is 10.6. The molecule has 0 unspecified atom stereocenters. The topological polar surface area (TPSA) is 26.3 Å². The standard InChI is InChI=1S/C14H11BrO2/c15-14-7-2-1-5-12(14)10-17-13-6-3-4-11(8-13)9-16/h1-9H,10H2. The van der Waals surface area contributed by atoms with Gasteiger partial charge in [-0.1, -0.05) is 46.3 Å². The summed E-state index contributed by atoms with van der Waals surface area (Å²) in [6.45, 7) is 0.476. The average molecular weight is 291 g/mol. The molecule has 0 saturated carbocycles. The van der Waals surface area contributed by atoms with E-state index in [9.17, 15) is 4.79 Å². The molecule has 0 aliphatic heterocycles. The molecular weight excluding hydrogens is 280 g/mol. The number of rotatable bonds is 4. The lowest BCUT2D eigenvalue weighted by molar-refractivity contribution is 0.112. The molecule has 0 saturated heterocycles. The van der Waals surface area contributed by atoms with Gasteiger partial charge in [0.05, 0.1) is 0 Å². The van der Waals surface area contributed by atoms with Crippen LogP contribution in [0.3, 0.4) is 0 Å². The quantitative estimate of drug-likeness (QED) is 0.800. The van der Waals surface area contributed by atoms with Gasteiger partial charge in [-0.15, -0.1) is 0 Å². The van der Waals surface area contributed by atoms with E-state index in [0.717, 1.165) is 16.3 Å². The van der Waals surface area contributed by atoms with Crippen LogP contribution < -0.4 is 4.74 Å². The average Bonchev–Trinajstić information content (AvgIpc) is 2.38. The monoisotopic (exact) mass is 290 g/mol. The molecule has 0 spiro atoms. The normalized spacial score (nSPS) is 9.94. The van der Waals surface area contributed by atoms with Crippen LogP contribution in [0.25, 0.3) is 0 Å². The van der Waals surface area contributed by atoms with Gasteiger partial charge in [0.15, 0.2) is 0 Å². The van der Waals surface area contributed by atoms with E-state index >= 15 is 0 Å². The summed E-state index contributed by atoms with van der Waals surface area (Å²) in [5, 5.41) is 0. The molecule has 0 aliphatic carbocycles. The molecule has 2 aromatic carbocycles. The second kappa shape index (κ2) is 5.64. The van der Waals surface area contributed by atoms with E-state index in [1.807, 2.05) is 30.3 Å². The van der Waals surface area contributed by atoms with Crippen molar-refractivity contribution in [1.82, 2.24) is 0 Å². The van der Waals surface area contributed by atoms with Crippen LogP contribution in [0.1, 0.15) is 15.9 Å². The minimum absolute atomic E-state index is 0.476. The van der Waals surface area contributed by atoms with Gasteiger partial charge in [0.2, 0.25) is 0 Å². The molecule has 3 heteroatoms. The summed E-state index contributed by atoms with van der Waals surface area (Å²) in [6, 6.07) is 15.0. The predicted octanol–water partition coefficient (Wildman–Crippen LogP) is 3.84. The van der Waals surface area contributed by atoms with E-state index in [1.54, 1.807) is 18.2 Å². The Bertz CT molecular complexity index is 523. The highest BCUT2D eigenvalue weighted by Gasteiger charge is 2.00. The molecule has 0 aliphatic rings. The van der Waals surface area contributed by atoms with Crippen LogP contribution in [-0.4, -0.2) is 6.29 Å². The molecule has 0 fully saturated rings. The van der Waals surface area contributed by atoms with E-state index in [0.29, 0.717) is 17.9 Å². The maximum absolute atomic E-state index is 10.6. The van der Waals surface area contributed by atoms with E-state index in [2.05, 4.69) is 15.9 Å². The molecule has 0 aromatic heterocycles. The fraction of sp³-hybridized carbons (Fsp3) is 0.0714. The van der Waals surface area contributed by atoms with Gasteiger partial charge in [0, 0.05) is 15.6 Å². The lowest BCUT2D eigenvalue weighted by atomic mass is 10.2. The van der Waals surface area contributed by atoms with Crippen molar-refractivity contribution in [3.05, 3.63) is 64.1 Å². The maximum Gasteiger partial charge on any atom is 0.150 e. The minimum atomic E-state index is 0.476.